The van der Waals surface area contributed by atoms with Crippen LogP contribution in [0, 0.1) is 17.1 Å². The van der Waals surface area contributed by atoms with Crippen LogP contribution in [0.4, 0.5) is 4.39 Å². The Morgan fingerprint density at radius 3 is 2.72 bits per heavy atom. The van der Waals surface area contributed by atoms with Gasteiger partial charge in [0, 0.05) is 18.3 Å². The lowest BCUT2D eigenvalue weighted by molar-refractivity contribution is -0.153. The average molecular weight is 510 g/mol. The maximum atomic E-state index is 13.3. The first-order valence-corrected chi connectivity index (χ1v) is 12.8. The normalized spacial score (nSPS) is 20.9. The van der Waals surface area contributed by atoms with Crippen molar-refractivity contribution in [3.05, 3.63) is 82.0 Å². The summed E-state index contributed by atoms with van der Waals surface area (Å²) in [6.07, 6.45) is -0.956. The van der Waals surface area contributed by atoms with Gasteiger partial charge in [0.15, 0.2) is 12.2 Å². The molecule has 1 saturated heterocycles. The fourth-order valence-electron chi connectivity index (χ4n) is 4.66. The zero-order valence-electron chi connectivity index (χ0n) is 19.6. The summed E-state index contributed by atoms with van der Waals surface area (Å²) in [5, 5.41) is 34.7. The summed E-state index contributed by atoms with van der Waals surface area (Å²) in [6.45, 7) is 0.665. The van der Waals surface area contributed by atoms with Crippen molar-refractivity contribution in [2.75, 3.05) is 13.1 Å². The topological polar surface area (TPSA) is 114 Å². The lowest BCUT2D eigenvalue weighted by atomic mass is 10.0. The van der Waals surface area contributed by atoms with Crippen molar-refractivity contribution in [3.8, 4) is 6.07 Å². The standard InChI is InChI=1S/C27H28FN3O4S/c28-21-8-6-20(7-9-21)23-5-2-10-31(23)27(35)25(33)24(32)26(34)30-15-22-13-19(16-36-22)12-17-3-1-4-18(11-17)14-29/h1,3-4,6-9,11,16,22-25,32-33H,2,5,10,12-13,15H2,(H,30,34)/t22?,23?,24-,25-/m1/s1. The fraction of sp³-hybridized carbons (Fsp3) is 0.370. The Hall–Kier alpha value is -3.19. The van der Waals surface area contributed by atoms with Crippen molar-refractivity contribution in [3.63, 3.8) is 0 Å². The van der Waals surface area contributed by atoms with Crippen molar-refractivity contribution >= 4 is 23.6 Å². The number of amides is 2. The zero-order valence-corrected chi connectivity index (χ0v) is 20.5. The molecule has 0 saturated carbocycles. The number of carbonyl (C=O) groups is 2. The minimum Gasteiger partial charge on any atom is -0.380 e. The molecule has 2 aromatic carbocycles. The number of halogens is 1. The number of hydrogen-bond donors (Lipinski definition) is 3. The van der Waals surface area contributed by atoms with E-state index in [1.165, 1.54) is 22.6 Å². The number of nitrogens with one attached hydrogen (secondary N) is 1. The van der Waals surface area contributed by atoms with E-state index in [4.69, 9.17) is 5.26 Å². The molecule has 2 aliphatic rings. The summed E-state index contributed by atoms with van der Waals surface area (Å²) in [6, 6.07) is 15.1. The molecule has 3 N–H and O–H groups in total. The molecule has 1 fully saturated rings. The highest BCUT2D eigenvalue weighted by Crippen LogP contribution is 2.33. The number of aliphatic hydroxyl groups excluding tert-OH is 2. The lowest BCUT2D eigenvalue weighted by Gasteiger charge is -2.28. The number of carbonyl (C=O) groups excluding carboxylic acids is 2. The molecule has 2 unspecified atom stereocenters. The van der Waals surface area contributed by atoms with E-state index in [1.54, 1.807) is 30.0 Å². The summed E-state index contributed by atoms with van der Waals surface area (Å²) in [7, 11) is 0. The van der Waals surface area contributed by atoms with Crippen LogP contribution in [-0.2, 0) is 16.0 Å². The molecule has 0 bridgehead atoms. The van der Waals surface area contributed by atoms with Crippen LogP contribution in [0.1, 0.15) is 42.0 Å². The predicted octanol–water partition coefficient (Wildman–Crippen LogP) is 2.83. The van der Waals surface area contributed by atoms with Crippen molar-refractivity contribution < 1.29 is 24.2 Å². The highest BCUT2D eigenvalue weighted by molar-refractivity contribution is 8.03. The molecule has 2 amide bonds. The van der Waals surface area contributed by atoms with E-state index in [9.17, 15) is 24.2 Å². The predicted molar refractivity (Wildman–Crippen MR) is 134 cm³/mol. The minimum absolute atomic E-state index is 0.0737. The van der Waals surface area contributed by atoms with Crippen LogP contribution in [0.3, 0.4) is 0 Å². The van der Waals surface area contributed by atoms with Crippen molar-refractivity contribution in [1.29, 1.82) is 5.26 Å². The number of benzene rings is 2. The SMILES string of the molecule is N#Cc1cccc(CC2=CSC(CNC(=O)[C@H](O)[C@@H](O)C(=O)N3CCCC3c3ccc(F)cc3)C2)c1. The Morgan fingerprint density at radius 2 is 1.97 bits per heavy atom. The minimum atomic E-state index is -1.89. The zero-order chi connectivity index (χ0) is 25.7. The Bertz CT molecular complexity index is 1180. The third-order valence-corrected chi connectivity index (χ3v) is 7.71. The third kappa shape index (κ3) is 6.13. The number of rotatable bonds is 8. The molecule has 4 rings (SSSR count). The number of thioether (sulfide) groups is 1. The van der Waals surface area contributed by atoms with E-state index in [-0.39, 0.29) is 23.7 Å². The van der Waals surface area contributed by atoms with Gasteiger partial charge in [0.2, 0.25) is 0 Å². The molecule has 0 aliphatic carbocycles. The van der Waals surface area contributed by atoms with E-state index in [0.717, 1.165) is 17.5 Å². The summed E-state index contributed by atoms with van der Waals surface area (Å²) in [4.78, 5) is 26.8. The van der Waals surface area contributed by atoms with E-state index < -0.39 is 24.0 Å². The van der Waals surface area contributed by atoms with Crippen LogP contribution < -0.4 is 5.32 Å². The summed E-state index contributed by atoms with van der Waals surface area (Å²) in [5.41, 5.74) is 3.59. The Kier molecular flexibility index (Phi) is 8.41. The first-order valence-electron chi connectivity index (χ1n) is 11.9. The molecule has 0 aromatic heterocycles. The molecule has 0 radical (unpaired) electrons. The van der Waals surface area contributed by atoms with Gasteiger partial charge in [-0.25, -0.2) is 4.39 Å². The quantitative estimate of drug-likeness (QED) is 0.504. The molecule has 2 heterocycles. The van der Waals surface area contributed by atoms with Gasteiger partial charge in [0.1, 0.15) is 5.82 Å². The Balaban J connectivity index is 1.26. The maximum Gasteiger partial charge on any atom is 0.255 e. The van der Waals surface area contributed by atoms with Gasteiger partial charge >= 0.3 is 0 Å². The molecule has 188 valence electrons. The van der Waals surface area contributed by atoms with Gasteiger partial charge in [-0.2, -0.15) is 5.26 Å². The Morgan fingerprint density at radius 1 is 1.19 bits per heavy atom. The second kappa shape index (κ2) is 11.7. The third-order valence-electron chi connectivity index (χ3n) is 6.52. The van der Waals surface area contributed by atoms with Crippen molar-refractivity contribution in [2.45, 2.75) is 49.2 Å². The van der Waals surface area contributed by atoms with E-state index in [1.807, 2.05) is 23.6 Å². The molecule has 36 heavy (non-hydrogen) atoms. The summed E-state index contributed by atoms with van der Waals surface area (Å²) in [5.74, 6) is -1.90. The van der Waals surface area contributed by atoms with E-state index in [0.29, 0.717) is 31.4 Å². The monoisotopic (exact) mass is 509 g/mol. The first-order chi connectivity index (χ1) is 17.4. The molecule has 2 aliphatic heterocycles. The van der Waals surface area contributed by atoms with Crippen LogP contribution in [0.25, 0.3) is 0 Å². The van der Waals surface area contributed by atoms with Gasteiger partial charge in [0.25, 0.3) is 11.8 Å². The Labute approximate surface area is 213 Å². The number of hydrogen-bond acceptors (Lipinski definition) is 6. The molecule has 4 atom stereocenters. The highest BCUT2D eigenvalue weighted by atomic mass is 32.2. The number of nitrogens with zero attached hydrogens (tertiary/aromatic N) is 2. The number of allylic oxidation sites excluding steroid dienone is 1. The molecular formula is C27H28FN3O4S. The molecule has 7 nitrogen and oxygen atoms in total. The van der Waals surface area contributed by atoms with Gasteiger partial charge < -0.3 is 20.4 Å². The molecular weight excluding hydrogens is 481 g/mol. The van der Waals surface area contributed by atoms with Crippen LogP contribution in [0.5, 0.6) is 0 Å². The smallest absolute Gasteiger partial charge is 0.255 e. The van der Waals surface area contributed by atoms with Gasteiger partial charge in [-0.05, 0) is 66.5 Å². The molecule has 2 aromatic rings. The van der Waals surface area contributed by atoms with Crippen LogP contribution in [0.15, 0.2) is 59.5 Å². The maximum absolute atomic E-state index is 13.3. The molecule has 9 heteroatoms. The average Bonchev–Trinajstić information content (AvgIpc) is 3.56. The number of nitriles is 1. The molecule has 0 spiro atoms. The fourth-order valence-corrected chi connectivity index (χ4v) is 5.71. The van der Waals surface area contributed by atoms with Gasteiger partial charge in [-0.15, -0.1) is 11.8 Å². The van der Waals surface area contributed by atoms with E-state index in [2.05, 4.69) is 11.4 Å². The van der Waals surface area contributed by atoms with Crippen LogP contribution in [0.2, 0.25) is 0 Å². The number of likely N-dealkylation sites (tertiary alicyclic amines) is 1. The first kappa shape index (κ1) is 25.9. The van der Waals surface area contributed by atoms with E-state index >= 15 is 0 Å². The second-order valence-electron chi connectivity index (χ2n) is 9.10. The van der Waals surface area contributed by atoms with Crippen LogP contribution >= 0.6 is 11.8 Å². The van der Waals surface area contributed by atoms with Gasteiger partial charge in [0.05, 0.1) is 17.7 Å². The van der Waals surface area contributed by atoms with Crippen LogP contribution in [-0.4, -0.2) is 57.5 Å². The largest absolute Gasteiger partial charge is 0.380 e. The van der Waals surface area contributed by atoms with Gasteiger partial charge in [-0.1, -0.05) is 29.8 Å². The summed E-state index contributed by atoms with van der Waals surface area (Å²) < 4.78 is 13.3. The highest BCUT2D eigenvalue weighted by Gasteiger charge is 2.38. The summed E-state index contributed by atoms with van der Waals surface area (Å²) >= 11 is 1.58. The van der Waals surface area contributed by atoms with Gasteiger partial charge in [-0.3, -0.25) is 9.59 Å². The van der Waals surface area contributed by atoms with Crippen molar-refractivity contribution in [2.24, 2.45) is 0 Å². The number of aliphatic hydroxyl groups is 2. The van der Waals surface area contributed by atoms with Crippen molar-refractivity contribution in [1.82, 2.24) is 10.2 Å². The lowest BCUT2D eigenvalue weighted by Crippen LogP contribution is -2.51. The second-order valence-corrected chi connectivity index (χ2v) is 10.3.